The van der Waals surface area contributed by atoms with E-state index < -0.39 is 0 Å². The van der Waals surface area contributed by atoms with Gasteiger partial charge in [-0.25, -0.2) is 0 Å². The molecule has 0 fully saturated rings. The Morgan fingerprint density at radius 3 is 2.25 bits per heavy atom. The summed E-state index contributed by atoms with van der Waals surface area (Å²) in [5.74, 6) is 0.662. The van der Waals surface area contributed by atoms with Crippen LogP contribution >= 0.6 is 12.2 Å². The monoisotopic (exact) mass is 236 g/mol. The number of rotatable bonds is 5. The molecular weight excluding hydrogens is 216 g/mol. The fourth-order valence-electron chi connectivity index (χ4n) is 1.69. The second-order valence-corrected chi connectivity index (χ2v) is 4.78. The van der Waals surface area contributed by atoms with Gasteiger partial charge in [-0.05, 0) is 37.1 Å². The van der Waals surface area contributed by atoms with E-state index in [-0.39, 0.29) is 0 Å². The molecule has 2 nitrogen and oxygen atoms in total. The maximum absolute atomic E-state index is 5.57. The summed E-state index contributed by atoms with van der Waals surface area (Å²) < 4.78 is 0. The smallest absolute Gasteiger partial charge is 0.103 e. The van der Waals surface area contributed by atoms with Crippen LogP contribution in [0.3, 0.4) is 0 Å². The van der Waals surface area contributed by atoms with Gasteiger partial charge < -0.3 is 10.6 Å². The van der Waals surface area contributed by atoms with Crippen molar-refractivity contribution in [3.8, 4) is 0 Å². The van der Waals surface area contributed by atoms with E-state index in [2.05, 4.69) is 37.8 Å². The minimum Gasteiger partial charge on any atom is -0.389 e. The Bertz CT molecular complexity index is 343. The highest BCUT2D eigenvalue weighted by molar-refractivity contribution is 7.80. The number of thiocarbonyl (C=S) groups is 1. The van der Waals surface area contributed by atoms with E-state index in [1.807, 2.05) is 12.1 Å². The van der Waals surface area contributed by atoms with Gasteiger partial charge in [0.25, 0.3) is 0 Å². The average Bonchev–Trinajstić information content (AvgIpc) is 2.25. The topological polar surface area (TPSA) is 29.3 Å². The van der Waals surface area contributed by atoms with Crippen molar-refractivity contribution in [1.29, 1.82) is 0 Å². The number of hydrogen-bond donors (Lipinski definition) is 1. The van der Waals surface area contributed by atoms with Gasteiger partial charge in [-0.1, -0.05) is 26.1 Å². The molecule has 0 saturated carbocycles. The van der Waals surface area contributed by atoms with E-state index in [0.29, 0.717) is 10.9 Å². The molecule has 2 N–H and O–H groups in total. The molecule has 0 bridgehead atoms. The quantitative estimate of drug-likeness (QED) is 0.797. The number of anilines is 1. The zero-order chi connectivity index (χ0) is 12.1. The maximum atomic E-state index is 5.57. The summed E-state index contributed by atoms with van der Waals surface area (Å²) in [6, 6.07) is 8.14. The summed E-state index contributed by atoms with van der Waals surface area (Å²) in [6.07, 6.45) is 0. The SMILES string of the molecule is CCN(CC(C)C)c1ccc(C(N)=S)cc1. The summed E-state index contributed by atoms with van der Waals surface area (Å²) in [7, 11) is 0. The number of nitrogens with two attached hydrogens (primary N) is 1. The van der Waals surface area contributed by atoms with Crippen molar-refractivity contribution >= 4 is 22.9 Å². The van der Waals surface area contributed by atoms with Gasteiger partial charge >= 0.3 is 0 Å². The molecule has 0 atom stereocenters. The molecule has 0 amide bonds. The van der Waals surface area contributed by atoms with Crippen LogP contribution in [-0.4, -0.2) is 18.1 Å². The van der Waals surface area contributed by atoms with Crippen LogP contribution in [0.15, 0.2) is 24.3 Å². The van der Waals surface area contributed by atoms with Crippen LogP contribution in [0.4, 0.5) is 5.69 Å². The minimum absolute atomic E-state index is 0.457. The van der Waals surface area contributed by atoms with E-state index in [4.69, 9.17) is 18.0 Å². The number of hydrogen-bond acceptors (Lipinski definition) is 2. The molecule has 1 rings (SSSR count). The largest absolute Gasteiger partial charge is 0.389 e. The second-order valence-electron chi connectivity index (χ2n) is 4.34. The second kappa shape index (κ2) is 5.85. The summed E-state index contributed by atoms with van der Waals surface area (Å²) in [5.41, 5.74) is 7.73. The van der Waals surface area contributed by atoms with Crippen molar-refractivity contribution in [1.82, 2.24) is 0 Å². The predicted molar refractivity (Wildman–Crippen MR) is 75.1 cm³/mol. The fraction of sp³-hybridized carbons (Fsp3) is 0.462. The third kappa shape index (κ3) is 3.49. The molecule has 0 heterocycles. The summed E-state index contributed by atoms with van der Waals surface area (Å²) >= 11 is 4.93. The van der Waals surface area contributed by atoms with E-state index in [9.17, 15) is 0 Å². The Kier molecular flexibility index (Phi) is 4.74. The van der Waals surface area contributed by atoms with E-state index >= 15 is 0 Å². The molecule has 0 radical (unpaired) electrons. The summed E-state index contributed by atoms with van der Waals surface area (Å²) in [6.45, 7) is 8.72. The highest BCUT2D eigenvalue weighted by Gasteiger charge is 2.06. The van der Waals surface area contributed by atoms with Gasteiger partial charge in [-0.15, -0.1) is 0 Å². The fourth-order valence-corrected chi connectivity index (χ4v) is 1.83. The first kappa shape index (κ1) is 13.0. The van der Waals surface area contributed by atoms with Gasteiger partial charge in [0.05, 0.1) is 0 Å². The lowest BCUT2D eigenvalue weighted by Crippen LogP contribution is -2.27. The first-order valence-corrected chi connectivity index (χ1v) is 6.10. The lowest BCUT2D eigenvalue weighted by Gasteiger charge is -2.25. The van der Waals surface area contributed by atoms with Crippen molar-refractivity contribution in [2.75, 3.05) is 18.0 Å². The van der Waals surface area contributed by atoms with Crippen molar-refractivity contribution in [2.45, 2.75) is 20.8 Å². The lowest BCUT2D eigenvalue weighted by molar-refractivity contribution is 0.619. The third-order valence-corrected chi connectivity index (χ3v) is 2.72. The average molecular weight is 236 g/mol. The Morgan fingerprint density at radius 2 is 1.88 bits per heavy atom. The van der Waals surface area contributed by atoms with E-state index in [1.165, 1.54) is 5.69 Å². The molecule has 0 aromatic heterocycles. The molecule has 0 unspecified atom stereocenters. The Hall–Kier alpha value is -1.09. The van der Waals surface area contributed by atoms with Gasteiger partial charge in [-0.3, -0.25) is 0 Å². The third-order valence-electron chi connectivity index (χ3n) is 2.48. The van der Waals surface area contributed by atoms with Gasteiger partial charge in [-0.2, -0.15) is 0 Å². The molecule has 0 spiro atoms. The number of benzene rings is 1. The van der Waals surface area contributed by atoms with E-state index in [0.717, 1.165) is 18.7 Å². The molecule has 0 aliphatic heterocycles. The Morgan fingerprint density at radius 1 is 1.31 bits per heavy atom. The molecule has 88 valence electrons. The molecular formula is C13H20N2S. The molecule has 0 aliphatic rings. The van der Waals surface area contributed by atoms with Crippen LogP contribution in [0, 0.1) is 5.92 Å². The lowest BCUT2D eigenvalue weighted by atomic mass is 10.1. The molecule has 1 aromatic carbocycles. The molecule has 16 heavy (non-hydrogen) atoms. The summed E-state index contributed by atoms with van der Waals surface area (Å²) in [5, 5.41) is 0. The van der Waals surface area contributed by atoms with Crippen LogP contribution in [0.1, 0.15) is 26.3 Å². The van der Waals surface area contributed by atoms with Crippen molar-refractivity contribution in [3.05, 3.63) is 29.8 Å². The van der Waals surface area contributed by atoms with Gasteiger partial charge in [0, 0.05) is 24.3 Å². The van der Waals surface area contributed by atoms with Crippen LogP contribution in [0.5, 0.6) is 0 Å². The minimum atomic E-state index is 0.457. The summed E-state index contributed by atoms with van der Waals surface area (Å²) in [4.78, 5) is 2.81. The first-order valence-electron chi connectivity index (χ1n) is 5.69. The standard InChI is InChI=1S/C13H20N2S/c1-4-15(9-10(2)3)12-7-5-11(6-8-12)13(14)16/h5-8,10H,4,9H2,1-3H3,(H2,14,16). The first-order chi connectivity index (χ1) is 7.54. The highest BCUT2D eigenvalue weighted by Crippen LogP contribution is 2.16. The van der Waals surface area contributed by atoms with Crippen LogP contribution in [0.2, 0.25) is 0 Å². The van der Waals surface area contributed by atoms with Crippen molar-refractivity contribution in [3.63, 3.8) is 0 Å². The zero-order valence-corrected chi connectivity index (χ0v) is 11.1. The molecule has 0 saturated heterocycles. The van der Waals surface area contributed by atoms with Crippen LogP contribution in [-0.2, 0) is 0 Å². The maximum Gasteiger partial charge on any atom is 0.103 e. The zero-order valence-electron chi connectivity index (χ0n) is 10.2. The van der Waals surface area contributed by atoms with Crippen molar-refractivity contribution in [2.24, 2.45) is 11.7 Å². The van der Waals surface area contributed by atoms with Gasteiger partial charge in [0.2, 0.25) is 0 Å². The Labute approximate surface area is 103 Å². The van der Waals surface area contributed by atoms with Gasteiger partial charge in [0.15, 0.2) is 0 Å². The van der Waals surface area contributed by atoms with Crippen molar-refractivity contribution < 1.29 is 0 Å². The predicted octanol–water partition coefficient (Wildman–Crippen LogP) is 2.80. The van der Waals surface area contributed by atoms with Crippen LogP contribution in [0.25, 0.3) is 0 Å². The van der Waals surface area contributed by atoms with E-state index in [1.54, 1.807) is 0 Å². The highest BCUT2D eigenvalue weighted by atomic mass is 32.1. The molecule has 1 aromatic rings. The number of nitrogens with zero attached hydrogens (tertiary/aromatic N) is 1. The van der Waals surface area contributed by atoms with Crippen LogP contribution < -0.4 is 10.6 Å². The molecule has 0 aliphatic carbocycles. The van der Waals surface area contributed by atoms with Gasteiger partial charge in [0.1, 0.15) is 4.99 Å². The normalized spacial score (nSPS) is 10.5. The Balaban J connectivity index is 2.82. The molecule has 3 heteroatoms.